The van der Waals surface area contributed by atoms with Crippen molar-refractivity contribution in [3.63, 3.8) is 0 Å². The van der Waals surface area contributed by atoms with E-state index in [0.29, 0.717) is 18.7 Å². The molecule has 25 heavy (non-hydrogen) atoms. The van der Waals surface area contributed by atoms with Gasteiger partial charge in [-0.15, -0.1) is 0 Å². The van der Waals surface area contributed by atoms with Crippen molar-refractivity contribution < 1.29 is 14.3 Å². The Morgan fingerprint density at radius 2 is 1.92 bits per heavy atom. The number of nitrogen functional groups attached to an aromatic ring is 1. The minimum absolute atomic E-state index is 0.0478. The van der Waals surface area contributed by atoms with Crippen LogP contribution in [0.1, 0.15) is 15.9 Å². The number of amides is 1. The van der Waals surface area contributed by atoms with E-state index >= 15 is 0 Å². The molecule has 1 saturated heterocycles. The van der Waals surface area contributed by atoms with Gasteiger partial charge in [0.15, 0.2) is 11.5 Å². The molecular weight excluding hydrogens is 320 g/mol. The third-order valence-electron chi connectivity index (χ3n) is 4.57. The van der Waals surface area contributed by atoms with Crippen molar-refractivity contribution in [2.24, 2.45) is 0 Å². The highest BCUT2D eigenvalue weighted by atomic mass is 16.7. The van der Waals surface area contributed by atoms with Gasteiger partial charge in [0.25, 0.3) is 5.91 Å². The lowest BCUT2D eigenvalue weighted by molar-refractivity contribution is 0.0629. The number of hydrogen-bond acceptors (Lipinski definition) is 6. The molecule has 0 spiro atoms. The summed E-state index contributed by atoms with van der Waals surface area (Å²) in [5.74, 6) is 1.84. The SMILES string of the molecule is Nc1ncccc1C(=O)N1CCN(Cc2ccc3c(c2)OCO3)CC1. The van der Waals surface area contributed by atoms with Crippen molar-refractivity contribution in [1.82, 2.24) is 14.8 Å². The molecule has 0 atom stereocenters. The summed E-state index contributed by atoms with van der Waals surface area (Å²) in [6.45, 7) is 4.11. The predicted molar refractivity (Wildman–Crippen MR) is 92.4 cm³/mol. The van der Waals surface area contributed by atoms with Gasteiger partial charge in [0.2, 0.25) is 6.79 Å². The summed E-state index contributed by atoms with van der Waals surface area (Å²) in [5.41, 5.74) is 7.47. The van der Waals surface area contributed by atoms with Crippen molar-refractivity contribution in [2.75, 3.05) is 38.7 Å². The number of pyridine rings is 1. The Hall–Kier alpha value is -2.80. The number of fused-ring (bicyclic) bond motifs is 1. The molecule has 0 unspecified atom stereocenters. The molecule has 2 aliphatic rings. The zero-order valence-electron chi connectivity index (χ0n) is 13.9. The van der Waals surface area contributed by atoms with Crippen molar-refractivity contribution in [1.29, 1.82) is 0 Å². The number of carbonyl (C=O) groups is 1. The van der Waals surface area contributed by atoms with Crippen LogP contribution in [-0.2, 0) is 6.54 Å². The average Bonchev–Trinajstić information content (AvgIpc) is 3.10. The topological polar surface area (TPSA) is 80.9 Å². The van der Waals surface area contributed by atoms with Crippen LogP contribution >= 0.6 is 0 Å². The Balaban J connectivity index is 1.35. The molecular formula is C18H20N4O3. The Morgan fingerprint density at radius 1 is 1.12 bits per heavy atom. The number of aromatic nitrogens is 1. The predicted octanol–water partition coefficient (Wildman–Crippen LogP) is 1.35. The lowest BCUT2D eigenvalue weighted by atomic mass is 10.1. The van der Waals surface area contributed by atoms with Crippen LogP contribution < -0.4 is 15.2 Å². The number of nitrogens with two attached hydrogens (primary N) is 1. The maximum atomic E-state index is 12.6. The molecule has 7 nitrogen and oxygen atoms in total. The zero-order chi connectivity index (χ0) is 17.2. The van der Waals surface area contributed by atoms with Crippen molar-refractivity contribution >= 4 is 11.7 Å². The summed E-state index contributed by atoms with van der Waals surface area (Å²) in [6.07, 6.45) is 1.59. The fourth-order valence-electron chi connectivity index (χ4n) is 3.18. The molecule has 2 N–H and O–H groups in total. The van der Waals surface area contributed by atoms with Gasteiger partial charge in [-0.3, -0.25) is 9.69 Å². The van der Waals surface area contributed by atoms with E-state index in [-0.39, 0.29) is 18.5 Å². The van der Waals surface area contributed by atoms with Crippen LogP contribution in [0, 0.1) is 0 Å². The normalized spacial score (nSPS) is 16.9. The Labute approximate surface area is 145 Å². The highest BCUT2D eigenvalue weighted by Gasteiger charge is 2.24. The van der Waals surface area contributed by atoms with E-state index < -0.39 is 0 Å². The molecule has 1 aromatic carbocycles. The standard InChI is InChI=1S/C18H20N4O3/c19-17-14(2-1-5-20-17)18(23)22-8-6-21(7-9-22)11-13-3-4-15-16(10-13)25-12-24-15/h1-5,10H,6-9,11-12H2,(H2,19,20). The van der Waals surface area contributed by atoms with E-state index in [1.54, 1.807) is 18.3 Å². The molecule has 2 aliphatic heterocycles. The van der Waals surface area contributed by atoms with E-state index in [1.165, 1.54) is 5.56 Å². The molecule has 3 heterocycles. The summed E-state index contributed by atoms with van der Waals surface area (Å²) in [6, 6.07) is 9.49. The van der Waals surface area contributed by atoms with E-state index in [1.807, 2.05) is 17.0 Å². The Kier molecular flexibility index (Phi) is 4.15. The second-order valence-electron chi connectivity index (χ2n) is 6.19. The molecule has 0 radical (unpaired) electrons. The van der Waals surface area contributed by atoms with Gasteiger partial charge in [-0.25, -0.2) is 4.98 Å². The van der Waals surface area contributed by atoms with Crippen LogP contribution in [0.3, 0.4) is 0 Å². The second kappa shape index (κ2) is 6.60. The van der Waals surface area contributed by atoms with Gasteiger partial charge in [0, 0.05) is 38.9 Å². The van der Waals surface area contributed by atoms with Crippen LogP contribution in [0.4, 0.5) is 5.82 Å². The van der Waals surface area contributed by atoms with Gasteiger partial charge in [0.05, 0.1) is 5.56 Å². The summed E-state index contributed by atoms with van der Waals surface area (Å²) >= 11 is 0. The molecule has 1 amide bonds. The molecule has 1 fully saturated rings. The first-order chi connectivity index (χ1) is 12.2. The number of piperazine rings is 1. The summed E-state index contributed by atoms with van der Waals surface area (Å²) in [7, 11) is 0. The van der Waals surface area contributed by atoms with Crippen LogP contribution in [0.15, 0.2) is 36.5 Å². The number of hydrogen-bond donors (Lipinski definition) is 1. The maximum Gasteiger partial charge on any atom is 0.257 e. The minimum Gasteiger partial charge on any atom is -0.454 e. The monoisotopic (exact) mass is 340 g/mol. The summed E-state index contributed by atoms with van der Waals surface area (Å²) in [5, 5.41) is 0. The highest BCUT2D eigenvalue weighted by Crippen LogP contribution is 2.32. The zero-order valence-corrected chi connectivity index (χ0v) is 13.9. The third kappa shape index (κ3) is 3.23. The Bertz CT molecular complexity index is 788. The first-order valence-electron chi connectivity index (χ1n) is 8.31. The van der Waals surface area contributed by atoms with E-state index in [2.05, 4.69) is 16.0 Å². The van der Waals surface area contributed by atoms with Crippen LogP contribution in [0.5, 0.6) is 11.5 Å². The summed E-state index contributed by atoms with van der Waals surface area (Å²) in [4.78, 5) is 20.7. The second-order valence-corrected chi connectivity index (χ2v) is 6.19. The van der Waals surface area contributed by atoms with Crippen molar-refractivity contribution in [3.05, 3.63) is 47.7 Å². The Morgan fingerprint density at radius 3 is 2.72 bits per heavy atom. The molecule has 0 bridgehead atoms. The van der Waals surface area contributed by atoms with Gasteiger partial charge in [-0.1, -0.05) is 6.07 Å². The maximum absolute atomic E-state index is 12.6. The van der Waals surface area contributed by atoms with Crippen molar-refractivity contribution in [3.8, 4) is 11.5 Å². The lowest BCUT2D eigenvalue weighted by Crippen LogP contribution is -2.48. The molecule has 1 aromatic heterocycles. The first kappa shape index (κ1) is 15.7. The van der Waals surface area contributed by atoms with Gasteiger partial charge < -0.3 is 20.1 Å². The molecule has 2 aromatic rings. The quantitative estimate of drug-likeness (QED) is 0.908. The molecule has 4 rings (SSSR count). The highest BCUT2D eigenvalue weighted by molar-refractivity contribution is 5.98. The number of benzene rings is 1. The smallest absolute Gasteiger partial charge is 0.257 e. The molecule has 0 saturated carbocycles. The number of ether oxygens (including phenoxy) is 2. The van der Waals surface area contributed by atoms with Gasteiger partial charge in [0.1, 0.15) is 5.82 Å². The molecule has 7 heteroatoms. The lowest BCUT2D eigenvalue weighted by Gasteiger charge is -2.34. The minimum atomic E-state index is -0.0478. The van der Waals surface area contributed by atoms with E-state index in [4.69, 9.17) is 15.2 Å². The molecule has 0 aliphatic carbocycles. The number of rotatable bonds is 3. The van der Waals surface area contributed by atoms with Crippen LogP contribution in [0.2, 0.25) is 0 Å². The van der Waals surface area contributed by atoms with Crippen LogP contribution in [-0.4, -0.2) is 53.7 Å². The van der Waals surface area contributed by atoms with Crippen LogP contribution in [0.25, 0.3) is 0 Å². The first-order valence-corrected chi connectivity index (χ1v) is 8.31. The number of nitrogens with zero attached hydrogens (tertiary/aromatic N) is 3. The number of carbonyl (C=O) groups excluding carboxylic acids is 1. The average molecular weight is 340 g/mol. The van der Waals surface area contributed by atoms with Gasteiger partial charge >= 0.3 is 0 Å². The fraction of sp³-hybridized carbons (Fsp3) is 0.333. The van der Waals surface area contributed by atoms with Gasteiger partial charge in [-0.2, -0.15) is 0 Å². The largest absolute Gasteiger partial charge is 0.454 e. The third-order valence-corrected chi connectivity index (χ3v) is 4.57. The molecule has 130 valence electrons. The van der Waals surface area contributed by atoms with E-state index in [0.717, 1.165) is 31.1 Å². The van der Waals surface area contributed by atoms with Crippen molar-refractivity contribution in [2.45, 2.75) is 6.54 Å². The van der Waals surface area contributed by atoms with E-state index in [9.17, 15) is 4.79 Å². The fourth-order valence-corrected chi connectivity index (χ4v) is 3.18. The number of anilines is 1. The summed E-state index contributed by atoms with van der Waals surface area (Å²) < 4.78 is 10.8. The van der Waals surface area contributed by atoms with Gasteiger partial charge in [-0.05, 0) is 29.8 Å².